The third-order valence-electron chi connectivity index (χ3n) is 4.24. The minimum Gasteiger partial charge on any atom is -0.354 e. The Labute approximate surface area is 128 Å². The highest BCUT2D eigenvalue weighted by molar-refractivity contribution is 6.42. The van der Waals surface area contributed by atoms with Crippen molar-refractivity contribution in [3.63, 3.8) is 0 Å². The first-order valence-electron chi connectivity index (χ1n) is 7.04. The van der Waals surface area contributed by atoms with Crippen molar-refractivity contribution in [3.8, 4) is 0 Å². The Bertz CT molecular complexity index is 531. The van der Waals surface area contributed by atoms with E-state index >= 15 is 0 Å². The SMILES string of the molecule is NC(CNC(=O)C1CC1c1ccc(Cl)c(Cl)c1)C1CC1. The molecule has 3 N–H and O–H groups in total. The van der Waals surface area contributed by atoms with Crippen LogP contribution in [0.1, 0.15) is 30.7 Å². The van der Waals surface area contributed by atoms with Crippen LogP contribution in [-0.2, 0) is 4.79 Å². The zero-order valence-corrected chi connectivity index (χ0v) is 12.6. The third kappa shape index (κ3) is 3.11. The van der Waals surface area contributed by atoms with Crippen LogP contribution in [0.15, 0.2) is 18.2 Å². The first-order chi connectivity index (χ1) is 9.56. The van der Waals surface area contributed by atoms with Crippen molar-refractivity contribution in [3.05, 3.63) is 33.8 Å². The average molecular weight is 313 g/mol. The molecule has 1 aromatic carbocycles. The minimum atomic E-state index is 0.0543. The van der Waals surface area contributed by atoms with Gasteiger partial charge in [-0.2, -0.15) is 0 Å². The Balaban J connectivity index is 1.52. The Morgan fingerprint density at radius 1 is 1.35 bits per heavy atom. The van der Waals surface area contributed by atoms with Crippen molar-refractivity contribution in [2.24, 2.45) is 17.6 Å². The summed E-state index contributed by atoms with van der Waals surface area (Å²) in [6.07, 6.45) is 3.28. The number of nitrogens with one attached hydrogen (secondary N) is 1. The van der Waals surface area contributed by atoms with Crippen LogP contribution in [0.4, 0.5) is 0 Å². The molecule has 0 saturated heterocycles. The lowest BCUT2D eigenvalue weighted by Crippen LogP contribution is -2.39. The molecule has 108 valence electrons. The molecule has 0 aliphatic heterocycles. The van der Waals surface area contributed by atoms with E-state index in [1.54, 1.807) is 6.07 Å². The molecule has 2 aliphatic carbocycles. The van der Waals surface area contributed by atoms with Crippen LogP contribution in [-0.4, -0.2) is 18.5 Å². The number of amides is 1. The molecular formula is C15H18Cl2N2O. The van der Waals surface area contributed by atoms with Crippen LogP contribution < -0.4 is 11.1 Å². The van der Waals surface area contributed by atoms with E-state index in [-0.39, 0.29) is 23.8 Å². The van der Waals surface area contributed by atoms with E-state index in [2.05, 4.69) is 5.32 Å². The fourth-order valence-electron chi connectivity index (χ4n) is 2.64. The predicted molar refractivity (Wildman–Crippen MR) is 81.0 cm³/mol. The summed E-state index contributed by atoms with van der Waals surface area (Å²) in [4.78, 5) is 12.1. The molecule has 2 saturated carbocycles. The van der Waals surface area contributed by atoms with E-state index in [1.807, 2.05) is 12.1 Å². The second-order valence-electron chi connectivity index (χ2n) is 5.87. The fraction of sp³-hybridized carbons (Fsp3) is 0.533. The van der Waals surface area contributed by atoms with Crippen molar-refractivity contribution in [2.45, 2.75) is 31.2 Å². The van der Waals surface area contributed by atoms with Gasteiger partial charge in [0.1, 0.15) is 0 Å². The molecule has 3 nitrogen and oxygen atoms in total. The molecule has 5 heteroatoms. The number of carbonyl (C=O) groups is 1. The number of rotatable bonds is 5. The van der Waals surface area contributed by atoms with Crippen LogP contribution in [0.3, 0.4) is 0 Å². The summed E-state index contributed by atoms with van der Waals surface area (Å²) < 4.78 is 0. The maximum absolute atomic E-state index is 12.1. The Hall–Kier alpha value is -0.770. The van der Waals surface area contributed by atoms with Gasteiger partial charge in [-0.15, -0.1) is 0 Å². The van der Waals surface area contributed by atoms with Gasteiger partial charge in [0.15, 0.2) is 0 Å². The van der Waals surface area contributed by atoms with Crippen LogP contribution in [0, 0.1) is 11.8 Å². The highest BCUT2D eigenvalue weighted by Gasteiger charge is 2.44. The van der Waals surface area contributed by atoms with Gasteiger partial charge in [0.2, 0.25) is 5.91 Å². The topological polar surface area (TPSA) is 55.1 Å². The Morgan fingerprint density at radius 3 is 2.75 bits per heavy atom. The smallest absolute Gasteiger partial charge is 0.223 e. The predicted octanol–water partition coefficient (Wildman–Crippen LogP) is 2.95. The molecule has 0 spiro atoms. The summed E-state index contributed by atoms with van der Waals surface area (Å²) in [5.74, 6) is 1.04. The summed E-state index contributed by atoms with van der Waals surface area (Å²) in [6, 6.07) is 5.70. The van der Waals surface area contributed by atoms with E-state index in [9.17, 15) is 4.79 Å². The summed E-state index contributed by atoms with van der Waals surface area (Å²) in [5, 5.41) is 4.06. The fourth-order valence-corrected chi connectivity index (χ4v) is 2.94. The van der Waals surface area contributed by atoms with Gasteiger partial charge in [0, 0.05) is 18.5 Å². The van der Waals surface area contributed by atoms with Crippen molar-refractivity contribution in [1.82, 2.24) is 5.32 Å². The van der Waals surface area contributed by atoms with Crippen LogP contribution in [0.2, 0.25) is 10.0 Å². The van der Waals surface area contributed by atoms with E-state index in [0.29, 0.717) is 22.5 Å². The van der Waals surface area contributed by atoms with Gasteiger partial charge in [-0.3, -0.25) is 4.79 Å². The second kappa shape index (κ2) is 5.55. The Morgan fingerprint density at radius 2 is 2.10 bits per heavy atom. The van der Waals surface area contributed by atoms with Crippen molar-refractivity contribution < 1.29 is 4.79 Å². The standard InChI is InChI=1S/C15H18Cl2N2O/c16-12-4-3-9(5-13(12)17)10-6-11(10)15(20)19-7-14(18)8-1-2-8/h3-5,8,10-11,14H,1-2,6-7,18H2,(H,19,20). The van der Waals surface area contributed by atoms with Crippen LogP contribution >= 0.6 is 23.2 Å². The van der Waals surface area contributed by atoms with Crippen LogP contribution in [0.25, 0.3) is 0 Å². The molecule has 2 aliphatic rings. The normalized spacial score (nSPS) is 26.1. The molecule has 1 amide bonds. The lowest BCUT2D eigenvalue weighted by atomic mass is 10.1. The molecule has 3 rings (SSSR count). The molecule has 0 aromatic heterocycles. The maximum atomic E-state index is 12.1. The highest BCUT2D eigenvalue weighted by atomic mass is 35.5. The number of nitrogens with two attached hydrogens (primary N) is 1. The number of carbonyl (C=O) groups excluding carboxylic acids is 1. The molecule has 0 heterocycles. The van der Waals surface area contributed by atoms with Gasteiger partial charge in [-0.05, 0) is 48.8 Å². The van der Waals surface area contributed by atoms with Gasteiger partial charge >= 0.3 is 0 Å². The molecule has 3 atom stereocenters. The minimum absolute atomic E-state index is 0.0543. The summed E-state index contributed by atoms with van der Waals surface area (Å²) in [5.41, 5.74) is 7.07. The first-order valence-corrected chi connectivity index (χ1v) is 7.80. The van der Waals surface area contributed by atoms with Gasteiger partial charge in [-0.25, -0.2) is 0 Å². The zero-order chi connectivity index (χ0) is 14.3. The monoisotopic (exact) mass is 312 g/mol. The lowest BCUT2D eigenvalue weighted by Gasteiger charge is -2.11. The molecule has 0 bridgehead atoms. The zero-order valence-electron chi connectivity index (χ0n) is 11.1. The van der Waals surface area contributed by atoms with Gasteiger partial charge in [0.25, 0.3) is 0 Å². The third-order valence-corrected chi connectivity index (χ3v) is 4.98. The average Bonchev–Trinajstić information content (AvgIpc) is 3.28. The van der Waals surface area contributed by atoms with E-state index in [0.717, 1.165) is 12.0 Å². The van der Waals surface area contributed by atoms with E-state index < -0.39 is 0 Å². The van der Waals surface area contributed by atoms with Gasteiger partial charge in [0.05, 0.1) is 10.0 Å². The van der Waals surface area contributed by atoms with Crippen molar-refractivity contribution in [1.29, 1.82) is 0 Å². The molecule has 3 unspecified atom stereocenters. The summed E-state index contributed by atoms with van der Waals surface area (Å²) >= 11 is 11.9. The summed E-state index contributed by atoms with van der Waals surface area (Å²) in [7, 11) is 0. The van der Waals surface area contributed by atoms with Crippen molar-refractivity contribution in [2.75, 3.05) is 6.54 Å². The van der Waals surface area contributed by atoms with E-state index in [4.69, 9.17) is 28.9 Å². The number of benzene rings is 1. The van der Waals surface area contributed by atoms with Gasteiger partial charge < -0.3 is 11.1 Å². The molecular weight excluding hydrogens is 295 g/mol. The number of hydrogen-bond donors (Lipinski definition) is 2. The van der Waals surface area contributed by atoms with Crippen molar-refractivity contribution >= 4 is 29.1 Å². The highest BCUT2D eigenvalue weighted by Crippen LogP contribution is 2.48. The lowest BCUT2D eigenvalue weighted by molar-refractivity contribution is -0.122. The van der Waals surface area contributed by atoms with Crippen LogP contribution in [0.5, 0.6) is 0 Å². The maximum Gasteiger partial charge on any atom is 0.223 e. The molecule has 20 heavy (non-hydrogen) atoms. The number of halogens is 2. The molecule has 1 aromatic rings. The first kappa shape index (κ1) is 14.2. The number of hydrogen-bond acceptors (Lipinski definition) is 2. The van der Waals surface area contributed by atoms with E-state index in [1.165, 1.54) is 12.8 Å². The summed E-state index contributed by atoms with van der Waals surface area (Å²) in [6.45, 7) is 0.591. The second-order valence-corrected chi connectivity index (χ2v) is 6.68. The molecule has 2 fully saturated rings. The largest absolute Gasteiger partial charge is 0.354 e. The quantitative estimate of drug-likeness (QED) is 0.878. The Kier molecular flexibility index (Phi) is 3.93. The van der Waals surface area contributed by atoms with Gasteiger partial charge in [-0.1, -0.05) is 29.3 Å². The molecule has 0 radical (unpaired) electrons.